The molecular formula is C12H22N4. The molecular weight excluding hydrogens is 200 g/mol. The van der Waals surface area contributed by atoms with Crippen molar-refractivity contribution < 1.29 is 0 Å². The van der Waals surface area contributed by atoms with E-state index in [1.165, 1.54) is 19.3 Å². The molecule has 90 valence electrons. The van der Waals surface area contributed by atoms with Crippen molar-refractivity contribution in [3.05, 3.63) is 11.9 Å². The molecule has 1 fully saturated rings. The van der Waals surface area contributed by atoms with Gasteiger partial charge in [-0.15, -0.1) is 5.10 Å². The number of aryl methyl sites for hydroxylation is 1. The summed E-state index contributed by atoms with van der Waals surface area (Å²) >= 11 is 0. The van der Waals surface area contributed by atoms with Gasteiger partial charge in [-0.2, -0.15) is 0 Å². The van der Waals surface area contributed by atoms with Gasteiger partial charge in [0, 0.05) is 13.2 Å². The lowest BCUT2D eigenvalue weighted by molar-refractivity contribution is 0.192. The van der Waals surface area contributed by atoms with Gasteiger partial charge in [-0.1, -0.05) is 18.6 Å². The molecule has 0 saturated heterocycles. The Labute approximate surface area is 97.2 Å². The van der Waals surface area contributed by atoms with Gasteiger partial charge in [-0.05, 0) is 43.6 Å². The maximum atomic E-state index is 5.86. The van der Waals surface area contributed by atoms with Gasteiger partial charge < -0.3 is 5.73 Å². The van der Waals surface area contributed by atoms with Crippen molar-refractivity contribution in [2.75, 3.05) is 6.54 Å². The predicted octanol–water partition coefficient (Wildman–Crippen LogP) is 1.37. The smallest absolute Gasteiger partial charge is 0.0829 e. The van der Waals surface area contributed by atoms with E-state index in [9.17, 15) is 0 Å². The Morgan fingerprint density at radius 3 is 2.88 bits per heavy atom. The van der Waals surface area contributed by atoms with Crippen molar-refractivity contribution in [3.63, 3.8) is 0 Å². The van der Waals surface area contributed by atoms with Crippen molar-refractivity contribution in [1.82, 2.24) is 15.0 Å². The molecule has 0 radical (unpaired) electrons. The number of nitrogens with two attached hydrogens (primary N) is 1. The first kappa shape index (κ1) is 11.6. The summed E-state index contributed by atoms with van der Waals surface area (Å²) in [4.78, 5) is 0. The Balaban J connectivity index is 2.00. The molecule has 0 aromatic carbocycles. The summed E-state index contributed by atoms with van der Waals surface area (Å²) in [5.74, 6) is 2.22. The van der Waals surface area contributed by atoms with Crippen LogP contribution in [0.4, 0.5) is 0 Å². The van der Waals surface area contributed by atoms with Crippen molar-refractivity contribution in [1.29, 1.82) is 0 Å². The Morgan fingerprint density at radius 2 is 2.25 bits per heavy atom. The van der Waals surface area contributed by atoms with E-state index in [-0.39, 0.29) is 0 Å². The van der Waals surface area contributed by atoms with E-state index in [2.05, 4.69) is 17.2 Å². The second kappa shape index (κ2) is 4.95. The van der Waals surface area contributed by atoms with Gasteiger partial charge in [0.05, 0.1) is 5.69 Å². The summed E-state index contributed by atoms with van der Waals surface area (Å²) in [5.41, 5.74) is 6.97. The largest absolute Gasteiger partial charge is 0.330 e. The zero-order valence-electron chi connectivity index (χ0n) is 10.3. The fourth-order valence-corrected chi connectivity index (χ4v) is 2.88. The third-order valence-electron chi connectivity index (χ3n) is 3.83. The van der Waals surface area contributed by atoms with Crippen LogP contribution in [-0.2, 0) is 13.5 Å². The molecule has 4 heteroatoms. The van der Waals surface area contributed by atoms with E-state index >= 15 is 0 Å². The van der Waals surface area contributed by atoms with Gasteiger partial charge in [-0.25, -0.2) is 0 Å². The van der Waals surface area contributed by atoms with Gasteiger partial charge >= 0.3 is 0 Å². The molecule has 2 rings (SSSR count). The van der Waals surface area contributed by atoms with Crippen LogP contribution in [0.1, 0.15) is 31.9 Å². The van der Waals surface area contributed by atoms with Gasteiger partial charge in [0.2, 0.25) is 0 Å². The topological polar surface area (TPSA) is 56.7 Å². The highest BCUT2D eigenvalue weighted by Crippen LogP contribution is 2.34. The first-order chi connectivity index (χ1) is 7.69. The van der Waals surface area contributed by atoms with Crippen molar-refractivity contribution in [2.24, 2.45) is 30.5 Å². The van der Waals surface area contributed by atoms with Crippen molar-refractivity contribution >= 4 is 0 Å². The van der Waals surface area contributed by atoms with Gasteiger partial charge in [0.25, 0.3) is 0 Å². The lowest BCUT2D eigenvalue weighted by atomic mass is 9.73. The first-order valence-electron chi connectivity index (χ1n) is 6.24. The highest BCUT2D eigenvalue weighted by molar-refractivity contribution is 4.96. The van der Waals surface area contributed by atoms with E-state index in [4.69, 9.17) is 5.73 Å². The molecule has 4 nitrogen and oxygen atoms in total. The quantitative estimate of drug-likeness (QED) is 0.840. The van der Waals surface area contributed by atoms with Crippen LogP contribution >= 0.6 is 0 Å². The Bertz CT molecular complexity index is 334. The third-order valence-corrected chi connectivity index (χ3v) is 3.83. The molecule has 16 heavy (non-hydrogen) atoms. The minimum Gasteiger partial charge on any atom is -0.330 e. The van der Waals surface area contributed by atoms with Gasteiger partial charge in [-0.3, -0.25) is 4.68 Å². The molecule has 0 aliphatic heterocycles. The summed E-state index contributed by atoms with van der Waals surface area (Å²) in [6, 6.07) is 0. The zero-order valence-corrected chi connectivity index (χ0v) is 10.3. The van der Waals surface area contributed by atoms with Crippen molar-refractivity contribution in [3.8, 4) is 0 Å². The number of hydrogen-bond acceptors (Lipinski definition) is 3. The highest BCUT2D eigenvalue weighted by atomic mass is 15.4. The molecule has 3 atom stereocenters. The molecule has 1 aromatic rings. The van der Waals surface area contributed by atoms with Crippen LogP contribution < -0.4 is 5.73 Å². The Kier molecular flexibility index (Phi) is 3.59. The van der Waals surface area contributed by atoms with Crippen LogP contribution in [0.15, 0.2) is 6.20 Å². The molecule has 1 aromatic heterocycles. The Morgan fingerprint density at radius 1 is 1.44 bits per heavy atom. The minimum atomic E-state index is 0.679. The summed E-state index contributed by atoms with van der Waals surface area (Å²) in [7, 11) is 1.92. The zero-order chi connectivity index (χ0) is 11.5. The van der Waals surface area contributed by atoms with Crippen LogP contribution in [0.2, 0.25) is 0 Å². The molecule has 0 amide bonds. The molecule has 0 bridgehead atoms. The van der Waals surface area contributed by atoms with E-state index in [1.807, 2.05) is 13.2 Å². The molecule has 3 unspecified atom stereocenters. The average molecular weight is 222 g/mol. The number of rotatable bonds is 3. The third kappa shape index (κ3) is 2.61. The van der Waals surface area contributed by atoms with Crippen LogP contribution in [-0.4, -0.2) is 21.5 Å². The SMILES string of the molecule is CC1CCC(CN)C(Cc2cn(C)nn2)C1. The predicted molar refractivity (Wildman–Crippen MR) is 63.8 cm³/mol. The fourth-order valence-electron chi connectivity index (χ4n) is 2.88. The number of nitrogens with zero attached hydrogens (tertiary/aromatic N) is 3. The van der Waals surface area contributed by atoms with Crippen LogP contribution in [0, 0.1) is 17.8 Å². The van der Waals surface area contributed by atoms with Gasteiger partial charge in [0.15, 0.2) is 0 Å². The van der Waals surface area contributed by atoms with E-state index in [0.717, 1.165) is 24.6 Å². The molecule has 1 heterocycles. The average Bonchev–Trinajstić information content (AvgIpc) is 2.64. The molecule has 0 spiro atoms. The summed E-state index contributed by atoms with van der Waals surface area (Å²) in [6.07, 6.45) is 6.97. The first-order valence-corrected chi connectivity index (χ1v) is 6.24. The van der Waals surface area contributed by atoms with Crippen LogP contribution in [0.5, 0.6) is 0 Å². The Hall–Kier alpha value is -0.900. The molecule has 1 aliphatic rings. The highest BCUT2D eigenvalue weighted by Gasteiger charge is 2.28. The second-order valence-electron chi connectivity index (χ2n) is 5.26. The second-order valence-corrected chi connectivity index (χ2v) is 5.26. The number of aromatic nitrogens is 3. The lowest BCUT2D eigenvalue weighted by Crippen LogP contribution is -2.31. The monoisotopic (exact) mass is 222 g/mol. The van der Waals surface area contributed by atoms with Crippen LogP contribution in [0.3, 0.4) is 0 Å². The molecule has 1 aliphatic carbocycles. The summed E-state index contributed by atoms with van der Waals surface area (Å²) in [5, 5.41) is 8.16. The van der Waals surface area contributed by atoms with E-state index in [0.29, 0.717) is 11.8 Å². The maximum Gasteiger partial charge on any atom is 0.0829 e. The summed E-state index contributed by atoms with van der Waals surface area (Å²) in [6.45, 7) is 3.16. The fraction of sp³-hybridized carbons (Fsp3) is 0.833. The van der Waals surface area contributed by atoms with Crippen molar-refractivity contribution in [2.45, 2.75) is 32.6 Å². The molecule has 1 saturated carbocycles. The van der Waals surface area contributed by atoms with E-state index in [1.54, 1.807) is 4.68 Å². The standard InChI is InChI=1S/C12H22N4/c1-9-3-4-10(7-13)11(5-9)6-12-8-16(2)15-14-12/h8-11H,3-7,13H2,1-2H3. The lowest BCUT2D eigenvalue weighted by Gasteiger charge is -2.33. The normalized spacial score (nSPS) is 30.6. The maximum absolute atomic E-state index is 5.86. The number of hydrogen-bond donors (Lipinski definition) is 1. The molecule has 2 N–H and O–H groups in total. The van der Waals surface area contributed by atoms with E-state index < -0.39 is 0 Å². The minimum absolute atomic E-state index is 0.679. The van der Waals surface area contributed by atoms with Crippen LogP contribution in [0.25, 0.3) is 0 Å². The van der Waals surface area contributed by atoms with Gasteiger partial charge in [0.1, 0.15) is 0 Å². The summed E-state index contributed by atoms with van der Waals surface area (Å²) < 4.78 is 1.78.